The van der Waals surface area contributed by atoms with Crippen LogP contribution in [0.3, 0.4) is 0 Å². The second-order valence-electron chi connectivity index (χ2n) is 8.82. The summed E-state index contributed by atoms with van der Waals surface area (Å²) in [5, 5.41) is -0.319. The van der Waals surface area contributed by atoms with E-state index in [4.69, 9.17) is 22.1 Å². The van der Waals surface area contributed by atoms with Gasteiger partial charge in [0.05, 0.1) is 5.02 Å². The van der Waals surface area contributed by atoms with E-state index in [2.05, 4.69) is 49.1 Å². The number of nitrogens with zero attached hydrogens (tertiary/aromatic N) is 3. The molecule has 36 heavy (non-hydrogen) atoms. The van der Waals surface area contributed by atoms with Gasteiger partial charge in [-0.05, 0) is 58.4 Å². The van der Waals surface area contributed by atoms with E-state index in [1.807, 2.05) is 27.1 Å². The highest BCUT2D eigenvalue weighted by Crippen LogP contribution is 2.34. The number of benzene rings is 1. The molecule has 0 amide bonds. The maximum Gasteiger partial charge on any atom is 0.166 e. The molecule has 0 radical (unpaired) electrons. The first kappa shape index (κ1) is 31.4. The molecule has 8 heteroatoms. The number of anilines is 1. The van der Waals surface area contributed by atoms with Crippen molar-refractivity contribution in [2.24, 2.45) is 0 Å². The smallest absolute Gasteiger partial charge is 0.166 e. The summed E-state index contributed by atoms with van der Waals surface area (Å²) < 4.78 is 34.0. The van der Waals surface area contributed by atoms with E-state index >= 15 is 0 Å². The minimum absolute atomic E-state index is 0.0782. The fraction of sp³-hybridized carbons (Fsp3) is 0.464. The maximum absolute atomic E-state index is 14.3. The Morgan fingerprint density at radius 2 is 1.69 bits per heavy atom. The first-order valence-corrected chi connectivity index (χ1v) is 12.7. The number of hydrogen-bond acceptors (Lipinski definition) is 5. The molecule has 0 saturated heterocycles. The molecule has 200 valence electrons. The molecule has 0 saturated carbocycles. The summed E-state index contributed by atoms with van der Waals surface area (Å²) in [4.78, 5) is 8.74. The van der Waals surface area contributed by atoms with Crippen LogP contribution in [0.25, 0.3) is 5.57 Å². The molecule has 1 aromatic heterocycles. The molecule has 0 spiro atoms. The van der Waals surface area contributed by atoms with Crippen molar-refractivity contribution in [1.82, 2.24) is 14.8 Å². The number of nitrogens with two attached hydrogens (primary N) is 1. The first-order chi connectivity index (χ1) is 17.0. The normalized spacial score (nSPS) is 12.4. The van der Waals surface area contributed by atoms with Crippen LogP contribution in [0.4, 0.5) is 14.6 Å². The van der Waals surface area contributed by atoms with Crippen LogP contribution in [0.2, 0.25) is 5.02 Å². The molecular weight excluding hydrogens is 482 g/mol. The lowest BCUT2D eigenvalue weighted by molar-refractivity contribution is 0.163. The molecule has 1 heterocycles. The fourth-order valence-electron chi connectivity index (χ4n) is 3.81. The molecule has 0 aliphatic rings. The van der Waals surface area contributed by atoms with E-state index in [1.165, 1.54) is 0 Å². The van der Waals surface area contributed by atoms with Crippen molar-refractivity contribution in [2.75, 3.05) is 25.9 Å². The molecule has 0 fully saturated rings. The summed E-state index contributed by atoms with van der Waals surface area (Å²) in [7, 11) is 2.00. The monoisotopic (exact) mass is 522 g/mol. The summed E-state index contributed by atoms with van der Waals surface area (Å²) in [6.07, 6.45) is 4.44. The van der Waals surface area contributed by atoms with Gasteiger partial charge in [-0.15, -0.1) is 0 Å². The van der Waals surface area contributed by atoms with Crippen molar-refractivity contribution in [3.8, 4) is 5.75 Å². The quantitative estimate of drug-likeness (QED) is 0.247. The second-order valence-corrected chi connectivity index (χ2v) is 9.20. The van der Waals surface area contributed by atoms with Gasteiger partial charge in [-0.1, -0.05) is 38.1 Å². The number of rotatable bonds is 11. The zero-order chi connectivity index (χ0) is 27.6. The third kappa shape index (κ3) is 8.49. The Morgan fingerprint density at radius 3 is 2.25 bits per heavy atom. The van der Waals surface area contributed by atoms with Crippen LogP contribution in [0, 0.1) is 11.6 Å². The van der Waals surface area contributed by atoms with Crippen LogP contribution in [-0.4, -0.2) is 47.0 Å². The van der Waals surface area contributed by atoms with Gasteiger partial charge in [-0.3, -0.25) is 4.90 Å². The fourth-order valence-corrected chi connectivity index (χ4v) is 4.11. The summed E-state index contributed by atoms with van der Waals surface area (Å²) >= 11 is 5.98. The zero-order valence-corrected chi connectivity index (χ0v) is 23.5. The van der Waals surface area contributed by atoms with E-state index in [0.717, 1.165) is 36.4 Å². The summed E-state index contributed by atoms with van der Waals surface area (Å²) in [6.45, 7) is 20.0. The lowest BCUT2D eigenvalue weighted by Gasteiger charge is -2.32. The van der Waals surface area contributed by atoms with Crippen LogP contribution in [0.15, 0.2) is 43.3 Å². The van der Waals surface area contributed by atoms with Gasteiger partial charge in [-0.25, -0.2) is 13.8 Å². The van der Waals surface area contributed by atoms with Crippen LogP contribution < -0.4 is 10.5 Å². The average Bonchev–Trinajstić information content (AvgIpc) is 2.82. The van der Waals surface area contributed by atoms with Crippen LogP contribution in [0.5, 0.6) is 5.75 Å². The molecule has 1 unspecified atom stereocenters. The predicted octanol–water partition coefficient (Wildman–Crippen LogP) is 7.34. The lowest BCUT2D eigenvalue weighted by atomic mass is 10.1. The number of aromatic nitrogens is 1. The number of pyridine rings is 1. The summed E-state index contributed by atoms with van der Waals surface area (Å²) in [5.74, 6) is -1.01. The van der Waals surface area contributed by atoms with Gasteiger partial charge >= 0.3 is 0 Å². The molecule has 2 N–H and O–H groups in total. The number of allylic oxidation sites excluding steroid dienone is 2. The lowest BCUT2D eigenvalue weighted by Crippen LogP contribution is -2.41. The van der Waals surface area contributed by atoms with Crippen molar-refractivity contribution in [1.29, 1.82) is 0 Å². The molecule has 0 aliphatic heterocycles. The Labute approximate surface area is 220 Å². The summed E-state index contributed by atoms with van der Waals surface area (Å²) in [6, 6.07) is 4.61. The van der Waals surface area contributed by atoms with Crippen molar-refractivity contribution in [3.63, 3.8) is 0 Å². The van der Waals surface area contributed by atoms with Crippen LogP contribution in [0.1, 0.15) is 65.7 Å². The number of halogens is 3. The van der Waals surface area contributed by atoms with E-state index in [1.54, 1.807) is 25.3 Å². The Balaban J connectivity index is 0.00000316. The number of ether oxygens (including phenoxy) is 1. The predicted molar refractivity (Wildman–Crippen MR) is 148 cm³/mol. The van der Waals surface area contributed by atoms with Gasteiger partial charge < -0.3 is 15.4 Å². The van der Waals surface area contributed by atoms with E-state index in [9.17, 15) is 8.78 Å². The zero-order valence-electron chi connectivity index (χ0n) is 22.8. The van der Waals surface area contributed by atoms with Crippen LogP contribution in [-0.2, 0) is 0 Å². The van der Waals surface area contributed by atoms with E-state index in [0.29, 0.717) is 12.1 Å². The van der Waals surface area contributed by atoms with E-state index < -0.39 is 17.7 Å². The van der Waals surface area contributed by atoms with Gasteiger partial charge in [0.2, 0.25) is 0 Å². The van der Waals surface area contributed by atoms with Gasteiger partial charge in [0.25, 0.3) is 0 Å². The molecular formula is C28H41ClF2N4O. The van der Waals surface area contributed by atoms with Gasteiger partial charge in [0.15, 0.2) is 11.6 Å². The van der Waals surface area contributed by atoms with Crippen molar-refractivity contribution >= 4 is 23.0 Å². The van der Waals surface area contributed by atoms with Gasteiger partial charge in [0, 0.05) is 55.7 Å². The topological polar surface area (TPSA) is 54.6 Å². The van der Waals surface area contributed by atoms with E-state index in [-0.39, 0.29) is 22.2 Å². The minimum atomic E-state index is -0.889. The highest BCUT2D eigenvalue weighted by atomic mass is 35.5. The molecule has 1 aromatic carbocycles. The second kappa shape index (κ2) is 14.8. The molecule has 0 bridgehead atoms. The largest absolute Gasteiger partial charge is 0.482 e. The number of hydrogen-bond donors (Lipinski definition) is 1. The Kier molecular flexibility index (Phi) is 12.9. The number of likely N-dealkylation sites (N-methyl/N-ethyl adjacent to an activating group) is 1. The van der Waals surface area contributed by atoms with Crippen LogP contribution >= 0.6 is 11.6 Å². The minimum Gasteiger partial charge on any atom is -0.482 e. The third-order valence-electron chi connectivity index (χ3n) is 5.62. The molecule has 2 aromatic rings. The Bertz CT molecular complexity index is 1020. The highest BCUT2D eigenvalue weighted by molar-refractivity contribution is 6.31. The Hall–Kier alpha value is -2.64. The molecule has 5 nitrogen and oxygen atoms in total. The van der Waals surface area contributed by atoms with Gasteiger partial charge in [-0.2, -0.15) is 0 Å². The number of nitrogen functional groups attached to an aromatic ring is 1. The third-order valence-corrected chi connectivity index (χ3v) is 6.01. The first-order valence-electron chi connectivity index (χ1n) is 12.3. The van der Waals surface area contributed by atoms with Crippen molar-refractivity contribution in [2.45, 2.75) is 66.7 Å². The van der Waals surface area contributed by atoms with Gasteiger partial charge in [0.1, 0.15) is 17.7 Å². The summed E-state index contributed by atoms with van der Waals surface area (Å²) in [5.41, 5.74) is 7.48. The van der Waals surface area contributed by atoms with Crippen molar-refractivity contribution < 1.29 is 13.5 Å². The molecule has 2 rings (SSSR count). The highest BCUT2D eigenvalue weighted by Gasteiger charge is 2.21. The standard InChI is InChI=1S/C26H35ClF2N4O.C2H6/c1-8-19(15-32(7)11-12-33(16(2)3)17(4)5)20-13-23(26(30)31-14-20)34-18(6)24-21(28)9-10-22(29)25(24)27;1-2/h8-10,13-18H,1,11-12H2,2-7H3,(H2,30,31);1-2H3/b19-15+;. The SMILES string of the molecule is C=C/C(=C\N(C)CCN(C(C)C)C(C)C)c1cnc(N)c(OC(C)c2c(F)ccc(F)c2Cl)c1.CC. The molecule has 1 atom stereocenters. The Morgan fingerprint density at radius 1 is 1.11 bits per heavy atom. The van der Waals surface area contributed by atoms with Crippen molar-refractivity contribution in [3.05, 3.63) is 71.0 Å². The maximum atomic E-state index is 14.3. The molecule has 0 aliphatic carbocycles. The average molecular weight is 523 g/mol.